The van der Waals surface area contributed by atoms with Gasteiger partial charge in [0.15, 0.2) is 0 Å². The number of piperidine rings is 1. The van der Waals surface area contributed by atoms with Crippen molar-refractivity contribution < 1.29 is 4.79 Å². The molecule has 2 aliphatic rings. The molecule has 0 aliphatic carbocycles. The lowest BCUT2D eigenvalue weighted by molar-refractivity contribution is 0.0704. The van der Waals surface area contributed by atoms with E-state index in [2.05, 4.69) is 16.9 Å². The second kappa shape index (κ2) is 7.87. The summed E-state index contributed by atoms with van der Waals surface area (Å²) in [6.45, 7) is 3.48. The number of anilines is 1. The number of nitrogens with zero attached hydrogens (tertiary/aromatic N) is 5. The van der Waals surface area contributed by atoms with Gasteiger partial charge in [-0.15, -0.1) is 0 Å². The van der Waals surface area contributed by atoms with Crippen molar-refractivity contribution in [2.75, 3.05) is 45.7 Å². The van der Waals surface area contributed by atoms with E-state index in [-0.39, 0.29) is 11.8 Å². The van der Waals surface area contributed by atoms with Crippen molar-refractivity contribution in [3.63, 3.8) is 0 Å². The van der Waals surface area contributed by atoms with Crippen molar-refractivity contribution in [2.24, 2.45) is 0 Å². The molecule has 2 aliphatic heterocycles. The normalized spacial score (nSPS) is 20.0. The molecule has 1 atom stereocenters. The van der Waals surface area contributed by atoms with Crippen LogP contribution in [0.4, 0.5) is 5.69 Å². The summed E-state index contributed by atoms with van der Waals surface area (Å²) in [5.41, 5.74) is 4.27. The van der Waals surface area contributed by atoms with Gasteiger partial charge in [-0.05, 0) is 44.2 Å². The number of rotatable bonds is 3. The predicted molar refractivity (Wildman–Crippen MR) is 111 cm³/mol. The number of hydrogen-bond donors (Lipinski definition) is 0. The fourth-order valence-corrected chi connectivity index (χ4v) is 4.13. The molecule has 0 saturated carbocycles. The molecule has 1 amide bonds. The summed E-state index contributed by atoms with van der Waals surface area (Å²) in [5, 5.41) is 0. The van der Waals surface area contributed by atoms with Gasteiger partial charge in [0.05, 0.1) is 0 Å². The van der Waals surface area contributed by atoms with Crippen LogP contribution in [0.25, 0.3) is 0 Å². The number of carbonyl (C=O) groups is 1. The molecule has 0 bridgehead atoms. The predicted octanol–water partition coefficient (Wildman–Crippen LogP) is 2.55. The van der Waals surface area contributed by atoms with E-state index in [1.807, 2.05) is 54.4 Å². The molecule has 148 valence electrons. The average molecular weight is 380 g/mol. The molecule has 1 aromatic carbocycles. The third-order valence-corrected chi connectivity index (χ3v) is 5.85. The van der Waals surface area contributed by atoms with Crippen LogP contribution in [0.1, 0.15) is 46.2 Å². The summed E-state index contributed by atoms with van der Waals surface area (Å²) in [5.74, 6) is 1.24. The van der Waals surface area contributed by atoms with Gasteiger partial charge in [-0.3, -0.25) is 4.79 Å². The van der Waals surface area contributed by atoms with Crippen molar-refractivity contribution in [3.8, 4) is 0 Å². The maximum atomic E-state index is 13.0. The van der Waals surface area contributed by atoms with Crippen LogP contribution >= 0.6 is 0 Å². The van der Waals surface area contributed by atoms with Gasteiger partial charge >= 0.3 is 0 Å². The minimum Gasteiger partial charge on any atom is -0.378 e. The first-order valence-electron chi connectivity index (χ1n) is 10.1. The van der Waals surface area contributed by atoms with E-state index in [4.69, 9.17) is 4.98 Å². The second-order valence-electron chi connectivity index (χ2n) is 8.22. The van der Waals surface area contributed by atoms with Crippen molar-refractivity contribution in [3.05, 3.63) is 53.1 Å². The Morgan fingerprint density at radius 1 is 1.18 bits per heavy atom. The van der Waals surface area contributed by atoms with Crippen molar-refractivity contribution in [1.29, 1.82) is 0 Å². The Morgan fingerprint density at radius 3 is 2.71 bits per heavy atom. The number of aromatic nitrogens is 2. The second-order valence-corrected chi connectivity index (χ2v) is 8.22. The zero-order valence-corrected chi connectivity index (χ0v) is 17.1. The smallest absolute Gasteiger partial charge is 0.253 e. The molecule has 6 heteroatoms. The molecule has 0 radical (unpaired) electrons. The molecule has 1 aromatic heterocycles. The Kier molecular flexibility index (Phi) is 5.31. The van der Waals surface area contributed by atoms with Crippen LogP contribution in [0.2, 0.25) is 0 Å². The van der Waals surface area contributed by atoms with E-state index in [1.165, 1.54) is 11.3 Å². The number of benzene rings is 1. The van der Waals surface area contributed by atoms with Gasteiger partial charge in [-0.1, -0.05) is 0 Å². The molecular formula is C22H29N5O. The summed E-state index contributed by atoms with van der Waals surface area (Å²) in [6, 6.07) is 7.84. The Morgan fingerprint density at radius 2 is 1.96 bits per heavy atom. The first-order chi connectivity index (χ1) is 13.5. The van der Waals surface area contributed by atoms with Gasteiger partial charge in [-0.2, -0.15) is 0 Å². The summed E-state index contributed by atoms with van der Waals surface area (Å²) in [7, 11) is 6.14. The first kappa shape index (κ1) is 18.9. The molecule has 0 spiro atoms. The zero-order valence-electron chi connectivity index (χ0n) is 17.1. The fraction of sp³-hybridized carbons (Fsp3) is 0.500. The molecule has 1 saturated heterocycles. The lowest BCUT2D eigenvalue weighted by Crippen LogP contribution is -2.39. The number of fused-ring (bicyclic) bond motifs is 1. The van der Waals surface area contributed by atoms with Crippen molar-refractivity contribution in [1.82, 2.24) is 19.8 Å². The third-order valence-electron chi connectivity index (χ3n) is 5.85. The summed E-state index contributed by atoms with van der Waals surface area (Å²) < 4.78 is 0. The topological polar surface area (TPSA) is 52.6 Å². The highest BCUT2D eigenvalue weighted by molar-refractivity contribution is 5.94. The van der Waals surface area contributed by atoms with Crippen LogP contribution in [0.3, 0.4) is 0 Å². The van der Waals surface area contributed by atoms with E-state index in [0.717, 1.165) is 56.0 Å². The van der Waals surface area contributed by atoms with Crippen LogP contribution in [0.15, 0.2) is 30.5 Å². The summed E-state index contributed by atoms with van der Waals surface area (Å²) in [6.07, 6.45) is 5.01. The van der Waals surface area contributed by atoms with E-state index >= 15 is 0 Å². The summed E-state index contributed by atoms with van der Waals surface area (Å²) in [4.78, 5) is 28.9. The van der Waals surface area contributed by atoms with Crippen molar-refractivity contribution in [2.45, 2.75) is 31.7 Å². The van der Waals surface area contributed by atoms with Crippen LogP contribution in [-0.4, -0.2) is 66.5 Å². The van der Waals surface area contributed by atoms with Crippen molar-refractivity contribution >= 4 is 11.6 Å². The highest BCUT2D eigenvalue weighted by Crippen LogP contribution is 2.27. The van der Waals surface area contributed by atoms with E-state index in [1.54, 1.807) is 0 Å². The summed E-state index contributed by atoms with van der Waals surface area (Å²) >= 11 is 0. The number of carbonyl (C=O) groups excluding carboxylic acids is 1. The van der Waals surface area contributed by atoms with E-state index < -0.39 is 0 Å². The number of hydrogen-bond acceptors (Lipinski definition) is 5. The average Bonchev–Trinajstić information content (AvgIpc) is 2.73. The molecule has 1 fully saturated rings. The Balaban J connectivity index is 1.47. The molecular weight excluding hydrogens is 350 g/mol. The maximum absolute atomic E-state index is 13.0. The fourth-order valence-electron chi connectivity index (χ4n) is 4.13. The van der Waals surface area contributed by atoms with Gasteiger partial charge in [0.1, 0.15) is 5.82 Å². The molecule has 3 heterocycles. The Labute approximate surface area is 167 Å². The monoisotopic (exact) mass is 379 g/mol. The van der Waals surface area contributed by atoms with Crippen LogP contribution in [-0.2, 0) is 13.0 Å². The highest BCUT2D eigenvalue weighted by Gasteiger charge is 2.28. The minimum atomic E-state index is 0.106. The molecule has 6 nitrogen and oxygen atoms in total. The molecule has 2 aromatic rings. The quantitative estimate of drug-likeness (QED) is 0.820. The molecule has 28 heavy (non-hydrogen) atoms. The first-order valence-corrected chi connectivity index (χ1v) is 10.1. The van der Waals surface area contributed by atoms with Crippen LogP contribution in [0, 0.1) is 0 Å². The largest absolute Gasteiger partial charge is 0.378 e. The lowest BCUT2D eigenvalue weighted by Gasteiger charge is -2.33. The van der Waals surface area contributed by atoms with E-state index in [0.29, 0.717) is 6.54 Å². The molecule has 0 N–H and O–H groups in total. The Bertz CT molecular complexity index is 849. The minimum absolute atomic E-state index is 0.106. The van der Waals surface area contributed by atoms with Crippen LogP contribution < -0.4 is 4.90 Å². The maximum Gasteiger partial charge on any atom is 0.253 e. The SMILES string of the molecule is CN1CCc2nc([C@H]3CCCN(C(=O)c4ccc(N(C)C)cc4)C3)ncc2C1. The number of amides is 1. The van der Waals surface area contributed by atoms with Gasteiger partial charge in [0.2, 0.25) is 0 Å². The number of likely N-dealkylation sites (tertiary alicyclic amines) is 1. The Hall–Kier alpha value is -2.47. The van der Waals surface area contributed by atoms with Gasteiger partial charge in [-0.25, -0.2) is 9.97 Å². The molecule has 4 rings (SSSR count). The van der Waals surface area contributed by atoms with Gasteiger partial charge in [0.25, 0.3) is 5.91 Å². The molecule has 0 unspecified atom stereocenters. The standard InChI is InChI=1S/C22H29N5O/c1-25(2)19-8-6-16(7-9-19)22(28)27-11-4-5-17(15-27)21-23-13-18-14-26(3)12-10-20(18)24-21/h6-9,13,17H,4-5,10-12,14-15H2,1-3H3/t17-/m0/s1. The third kappa shape index (κ3) is 3.87. The van der Waals surface area contributed by atoms with Gasteiger partial charge < -0.3 is 14.7 Å². The zero-order chi connectivity index (χ0) is 19.7. The highest BCUT2D eigenvalue weighted by atomic mass is 16.2. The number of likely N-dealkylation sites (N-methyl/N-ethyl adjacent to an activating group) is 1. The van der Waals surface area contributed by atoms with Crippen LogP contribution in [0.5, 0.6) is 0 Å². The van der Waals surface area contributed by atoms with E-state index in [9.17, 15) is 4.79 Å². The lowest BCUT2D eigenvalue weighted by atomic mass is 9.95. The van der Waals surface area contributed by atoms with Gasteiger partial charge in [0, 0.05) is 81.3 Å².